The smallest absolute Gasteiger partial charge is 0.326 e. The molecule has 0 spiro atoms. The number of hydrogen-bond acceptors (Lipinski definition) is 6. The summed E-state index contributed by atoms with van der Waals surface area (Å²) in [5, 5.41) is 36.4. The van der Waals surface area contributed by atoms with Crippen molar-refractivity contribution in [2.75, 3.05) is 13.1 Å². The Labute approximate surface area is 220 Å². The van der Waals surface area contributed by atoms with Crippen molar-refractivity contribution in [1.82, 2.24) is 21.3 Å². The number of carbonyl (C=O) groups is 6. The van der Waals surface area contributed by atoms with Crippen LogP contribution in [0.5, 0.6) is 0 Å². The minimum atomic E-state index is -1.42. The maximum Gasteiger partial charge on any atom is 0.326 e. The van der Waals surface area contributed by atoms with Gasteiger partial charge in [0.25, 0.3) is 5.91 Å². The molecule has 4 amide bonds. The Morgan fingerprint density at radius 2 is 1.36 bits per heavy atom. The lowest BCUT2D eigenvalue weighted by Gasteiger charge is -2.17. The normalized spacial score (nSPS) is 12.0. The van der Waals surface area contributed by atoms with Crippen LogP contribution in [0.25, 0.3) is 0 Å². The van der Waals surface area contributed by atoms with Gasteiger partial charge in [-0.2, -0.15) is 0 Å². The highest BCUT2D eigenvalue weighted by Crippen LogP contribution is 2.07. The lowest BCUT2D eigenvalue weighted by atomic mass is 10.1. The molecule has 14 heteroatoms. The van der Waals surface area contributed by atoms with Crippen LogP contribution in [-0.4, -0.2) is 76.2 Å². The third-order valence-electron chi connectivity index (χ3n) is 4.82. The van der Waals surface area contributed by atoms with E-state index in [1.54, 1.807) is 12.1 Å². The van der Waals surface area contributed by atoms with Crippen LogP contribution < -0.4 is 21.3 Å². The standard InChI is InChI=1S/C22H29IN4O9/c23-14-6-4-13(5-7-14)19(31)24-11-2-1-3-17(28)26-16(21(34)35)10-12-25-22(36)27-15(20(32)33)8-9-18(29)30/h4-7,15-16H,1-3,8-12H2,(H,24,31)(H,26,28)(H,29,30)(H,32,33)(H,34,35)(H2,25,27,36)/t15-,16+/m0/s1. The molecule has 0 aliphatic rings. The molecule has 1 aromatic rings. The first-order chi connectivity index (χ1) is 17.0. The van der Waals surface area contributed by atoms with Gasteiger partial charge in [-0.3, -0.25) is 14.4 Å². The summed E-state index contributed by atoms with van der Waals surface area (Å²) < 4.78 is 1.01. The summed E-state index contributed by atoms with van der Waals surface area (Å²) in [7, 11) is 0. The molecule has 7 N–H and O–H groups in total. The van der Waals surface area contributed by atoms with Gasteiger partial charge in [0, 0.05) is 35.1 Å². The number of rotatable bonds is 16. The van der Waals surface area contributed by atoms with Crippen molar-refractivity contribution in [3.8, 4) is 0 Å². The highest BCUT2D eigenvalue weighted by molar-refractivity contribution is 14.1. The predicted molar refractivity (Wildman–Crippen MR) is 134 cm³/mol. The zero-order chi connectivity index (χ0) is 27.1. The molecule has 0 bridgehead atoms. The number of nitrogens with one attached hydrogen (secondary N) is 4. The summed E-state index contributed by atoms with van der Waals surface area (Å²) in [4.78, 5) is 69.0. The fourth-order valence-electron chi connectivity index (χ4n) is 2.90. The Hall–Kier alpha value is -3.43. The maximum absolute atomic E-state index is 12.1. The zero-order valence-corrected chi connectivity index (χ0v) is 21.4. The summed E-state index contributed by atoms with van der Waals surface area (Å²) in [5.74, 6) is -4.66. The van der Waals surface area contributed by atoms with Gasteiger partial charge >= 0.3 is 23.9 Å². The van der Waals surface area contributed by atoms with E-state index in [2.05, 4.69) is 43.9 Å². The van der Waals surface area contributed by atoms with Crippen molar-refractivity contribution >= 4 is 58.3 Å². The number of halogens is 1. The van der Waals surface area contributed by atoms with Gasteiger partial charge in [-0.25, -0.2) is 14.4 Å². The number of hydrogen-bond donors (Lipinski definition) is 7. The van der Waals surface area contributed by atoms with Gasteiger partial charge in [-0.15, -0.1) is 0 Å². The Bertz CT molecular complexity index is 940. The van der Waals surface area contributed by atoms with E-state index in [9.17, 15) is 33.9 Å². The largest absolute Gasteiger partial charge is 0.481 e. The van der Waals surface area contributed by atoms with Crippen LogP contribution in [0, 0.1) is 3.57 Å². The van der Waals surface area contributed by atoms with Crippen LogP contribution in [0.3, 0.4) is 0 Å². The molecule has 0 aliphatic carbocycles. The molecule has 0 heterocycles. The van der Waals surface area contributed by atoms with Gasteiger partial charge in [0.1, 0.15) is 12.1 Å². The van der Waals surface area contributed by atoms with Crippen LogP contribution in [-0.2, 0) is 19.2 Å². The lowest BCUT2D eigenvalue weighted by molar-refractivity contribution is -0.142. The van der Waals surface area contributed by atoms with Crippen molar-refractivity contribution in [2.24, 2.45) is 0 Å². The molecule has 0 unspecified atom stereocenters. The second-order valence-electron chi connectivity index (χ2n) is 7.69. The van der Waals surface area contributed by atoms with Gasteiger partial charge in [-0.1, -0.05) is 0 Å². The van der Waals surface area contributed by atoms with Crippen molar-refractivity contribution in [3.05, 3.63) is 33.4 Å². The highest BCUT2D eigenvalue weighted by atomic mass is 127. The van der Waals surface area contributed by atoms with Crippen LogP contribution in [0.1, 0.15) is 48.9 Å². The molecule has 0 radical (unpaired) electrons. The third kappa shape index (κ3) is 12.9. The van der Waals surface area contributed by atoms with Crippen molar-refractivity contribution in [2.45, 2.75) is 50.6 Å². The SMILES string of the molecule is O=C(O)CC[C@H](NC(=O)NCC[C@@H](NC(=O)CCCCNC(=O)c1ccc(I)cc1)C(=O)O)C(=O)O. The van der Waals surface area contributed by atoms with Crippen LogP contribution in [0.15, 0.2) is 24.3 Å². The van der Waals surface area contributed by atoms with E-state index in [4.69, 9.17) is 10.2 Å². The number of urea groups is 1. The molecule has 1 aromatic carbocycles. The number of amides is 4. The summed E-state index contributed by atoms with van der Waals surface area (Å²) in [6.45, 7) is 0.169. The second kappa shape index (κ2) is 16.3. The first-order valence-electron chi connectivity index (χ1n) is 11.0. The molecule has 0 saturated carbocycles. The minimum Gasteiger partial charge on any atom is -0.481 e. The molecule has 36 heavy (non-hydrogen) atoms. The van der Waals surface area contributed by atoms with E-state index in [0.717, 1.165) is 3.57 Å². The van der Waals surface area contributed by atoms with Crippen LogP contribution in [0.2, 0.25) is 0 Å². The molecule has 2 atom stereocenters. The summed E-state index contributed by atoms with van der Waals surface area (Å²) in [6.07, 6.45) is 0.0349. The summed E-state index contributed by atoms with van der Waals surface area (Å²) in [6, 6.07) is 3.44. The number of unbranched alkanes of at least 4 members (excludes halogenated alkanes) is 1. The topological polar surface area (TPSA) is 211 Å². The first kappa shape index (κ1) is 30.6. The monoisotopic (exact) mass is 620 g/mol. The highest BCUT2D eigenvalue weighted by Gasteiger charge is 2.22. The van der Waals surface area contributed by atoms with E-state index in [0.29, 0.717) is 24.9 Å². The molecular weight excluding hydrogens is 591 g/mol. The molecule has 0 aromatic heterocycles. The molecule has 13 nitrogen and oxygen atoms in total. The van der Waals surface area contributed by atoms with Gasteiger partial charge < -0.3 is 36.6 Å². The predicted octanol–water partition coefficient (Wildman–Crippen LogP) is 0.768. The second-order valence-corrected chi connectivity index (χ2v) is 8.94. The number of benzene rings is 1. The maximum atomic E-state index is 12.1. The molecule has 0 aliphatic heterocycles. The fraction of sp³-hybridized carbons (Fsp3) is 0.455. The van der Waals surface area contributed by atoms with Crippen molar-refractivity contribution in [1.29, 1.82) is 0 Å². The Balaban J connectivity index is 2.31. The Morgan fingerprint density at radius 3 is 1.94 bits per heavy atom. The van der Waals surface area contributed by atoms with E-state index < -0.39 is 48.4 Å². The van der Waals surface area contributed by atoms with Gasteiger partial charge in [0.2, 0.25) is 5.91 Å². The van der Waals surface area contributed by atoms with E-state index in [1.165, 1.54) is 0 Å². The zero-order valence-electron chi connectivity index (χ0n) is 19.3. The summed E-state index contributed by atoms with van der Waals surface area (Å²) >= 11 is 2.13. The number of carboxylic acids is 3. The third-order valence-corrected chi connectivity index (χ3v) is 5.54. The lowest BCUT2D eigenvalue weighted by Crippen LogP contribution is -2.48. The average Bonchev–Trinajstić information content (AvgIpc) is 2.80. The van der Waals surface area contributed by atoms with Gasteiger partial charge in [0.05, 0.1) is 0 Å². The van der Waals surface area contributed by atoms with E-state index in [1.807, 2.05) is 12.1 Å². The molecule has 0 saturated heterocycles. The van der Waals surface area contributed by atoms with Crippen LogP contribution >= 0.6 is 22.6 Å². The molecule has 198 valence electrons. The van der Waals surface area contributed by atoms with Crippen molar-refractivity contribution in [3.63, 3.8) is 0 Å². The summed E-state index contributed by atoms with van der Waals surface area (Å²) in [5.41, 5.74) is 0.526. The fourth-order valence-corrected chi connectivity index (χ4v) is 3.26. The Morgan fingerprint density at radius 1 is 0.750 bits per heavy atom. The average molecular weight is 620 g/mol. The van der Waals surface area contributed by atoms with E-state index >= 15 is 0 Å². The number of carboxylic acid groups (broad SMARTS) is 3. The number of aliphatic carboxylic acids is 3. The van der Waals surface area contributed by atoms with Gasteiger partial charge in [0.15, 0.2) is 0 Å². The molecule has 1 rings (SSSR count). The molecule has 0 fully saturated rings. The Kier molecular flexibility index (Phi) is 13.8. The minimum absolute atomic E-state index is 0.0426. The van der Waals surface area contributed by atoms with E-state index in [-0.39, 0.29) is 31.7 Å². The quantitative estimate of drug-likeness (QED) is 0.103. The van der Waals surface area contributed by atoms with Crippen molar-refractivity contribution < 1.29 is 44.1 Å². The first-order valence-corrected chi connectivity index (χ1v) is 12.1. The molecular formula is C22H29IN4O9. The van der Waals surface area contributed by atoms with Gasteiger partial charge in [-0.05, 0) is 72.5 Å². The van der Waals surface area contributed by atoms with Crippen LogP contribution in [0.4, 0.5) is 4.79 Å². The number of carbonyl (C=O) groups excluding carboxylic acids is 3.